The van der Waals surface area contributed by atoms with Crippen molar-refractivity contribution in [3.8, 4) is 0 Å². The molecule has 1 fully saturated rings. The van der Waals surface area contributed by atoms with Gasteiger partial charge in [-0.05, 0) is 19.1 Å². The summed E-state index contributed by atoms with van der Waals surface area (Å²) in [5.41, 5.74) is 4.78. The molecule has 1 unspecified atom stereocenters. The maximum absolute atomic E-state index is 13.3. The Morgan fingerprint density at radius 3 is 2.39 bits per heavy atom. The van der Waals surface area contributed by atoms with Crippen LogP contribution in [0.2, 0.25) is 0 Å². The van der Waals surface area contributed by atoms with E-state index in [0.29, 0.717) is 22.5 Å². The number of benzene rings is 2. The molecule has 0 aromatic heterocycles. The molecule has 0 bridgehead atoms. The number of hydrogen-bond acceptors (Lipinski definition) is 9. The first-order valence-corrected chi connectivity index (χ1v) is 11.3. The summed E-state index contributed by atoms with van der Waals surface area (Å²) in [6.07, 6.45) is 0.178. The third-order valence-corrected chi connectivity index (χ3v) is 6.24. The van der Waals surface area contributed by atoms with Crippen molar-refractivity contribution < 1.29 is 29.1 Å². The molecule has 14 nitrogen and oxygen atoms in total. The van der Waals surface area contributed by atoms with Crippen LogP contribution in [0.4, 0.5) is 17.1 Å². The number of nitrogens with two attached hydrogens (primary N) is 1. The number of hydrogen-bond donors (Lipinski definition) is 2. The molecule has 38 heavy (non-hydrogen) atoms. The lowest BCUT2D eigenvalue weighted by Gasteiger charge is -2.23. The van der Waals surface area contributed by atoms with E-state index in [0.717, 1.165) is 23.1 Å². The van der Waals surface area contributed by atoms with Crippen LogP contribution in [0.25, 0.3) is 0 Å². The van der Waals surface area contributed by atoms with E-state index in [4.69, 9.17) is 10.6 Å². The summed E-state index contributed by atoms with van der Waals surface area (Å²) in [5, 5.41) is 29.4. The molecular weight excluding hydrogens is 500 g/mol. The molecule has 4 rings (SSSR count). The van der Waals surface area contributed by atoms with Gasteiger partial charge in [-0.2, -0.15) is 0 Å². The maximum atomic E-state index is 13.3. The second-order valence-corrected chi connectivity index (χ2v) is 9.11. The molecular formula is C24H22N6O8. The standard InChI is InChI=1S/C24H22N6O8/c1-13(2)22(32)26-16-5-3-4-14(6-16)19-10-24(38-27-19)11-20(21(25)31)28(12-24)23(33)15-7-17(29(34)35)9-18(8-15)30(36)37/h3-9,20H,1,10-12H2,2H3,(H2,25,31)(H,26,32)/t20-,24?/m0/s1. The molecule has 2 heterocycles. The number of oxime groups is 1. The topological polar surface area (TPSA) is 200 Å². The van der Waals surface area contributed by atoms with Gasteiger partial charge in [0.05, 0.1) is 33.7 Å². The first-order chi connectivity index (χ1) is 17.9. The van der Waals surface area contributed by atoms with Crippen molar-refractivity contribution in [3.63, 3.8) is 0 Å². The van der Waals surface area contributed by atoms with Gasteiger partial charge in [-0.3, -0.25) is 34.6 Å². The van der Waals surface area contributed by atoms with E-state index in [-0.39, 0.29) is 30.9 Å². The Labute approximate surface area is 215 Å². The maximum Gasteiger partial charge on any atom is 0.277 e. The quantitative estimate of drug-likeness (QED) is 0.313. The number of carbonyl (C=O) groups excluding carboxylic acids is 3. The summed E-state index contributed by atoms with van der Waals surface area (Å²) in [7, 11) is 0. The molecule has 3 N–H and O–H groups in total. The Hall–Kier alpha value is -5.14. The number of nitrogens with one attached hydrogen (secondary N) is 1. The smallest absolute Gasteiger partial charge is 0.277 e. The lowest BCUT2D eigenvalue weighted by Crippen LogP contribution is -2.44. The fourth-order valence-electron chi connectivity index (χ4n) is 4.40. The SMILES string of the molecule is C=C(C)C(=O)Nc1cccc(C2=NOC3(C2)C[C@@H](C(N)=O)N(C(=O)c2cc([N+](=O)[O-])cc([N+](=O)[O-])c2)C3)c1. The lowest BCUT2D eigenvalue weighted by atomic mass is 9.91. The van der Waals surface area contributed by atoms with E-state index in [1.165, 1.54) is 0 Å². The normalized spacial score (nSPS) is 20.0. The number of nitro groups is 2. The Morgan fingerprint density at radius 2 is 1.82 bits per heavy atom. The van der Waals surface area contributed by atoms with E-state index in [1.807, 2.05) is 0 Å². The van der Waals surface area contributed by atoms with Crippen LogP contribution < -0.4 is 11.1 Å². The van der Waals surface area contributed by atoms with E-state index in [9.17, 15) is 34.6 Å². The molecule has 2 aliphatic heterocycles. The fraction of sp³-hybridized carbons (Fsp3) is 0.250. The molecule has 14 heteroatoms. The number of anilines is 1. The van der Waals surface area contributed by atoms with Crippen LogP contribution in [0.1, 0.15) is 35.7 Å². The third kappa shape index (κ3) is 5.04. The van der Waals surface area contributed by atoms with Gasteiger partial charge in [0.25, 0.3) is 23.2 Å². The number of carbonyl (C=O) groups is 3. The predicted molar refractivity (Wildman–Crippen MR) is 133 cm³/mol. The number of primary amides is 1. The summed E-state index contributed by atoms with van der Waals surface area (Å²) < 4.78 is 0. The highest BCUT2D eigenvalue weighted by Gasteiger charge is 2.53. The Morgan fingerprint density at radius 1 is 1.16 bits per heavy atom. The van der Waals surface area contributed by atoms with Crippen molar-refractivity contribution in [2.75, 3.05) is 11.9 Å². The van der Waals surface area contributed by atoms with Gasteiger partial charge in [-0.25, -0.2) is 0 Å². The molecule has 2 aromatic rings. The van der Waals surface area contributed by atoms with E-state index in [2.05, 4.69) is 17.1 Å². The first kappa shape index (κ1) is 25.9. The van der Waals surface area contributed by atoms with Gasteiger partial charge in [0.15, 0.2) is 5.60 Å². The van der Waals surface area contributed by atoms with Crippen molar-refractivity contribution in [1.82, 2.24) is 4.90 Å². The Balaban J connectivity index is 1.58. The van der Waals surface area contributed by atoms with Crippen molar-refractivity contribution in [2.45, 2.75) is 31.4 Å². The second kappa shape index (κ2) is 9.72. The van der Waals surface area contributed by atoms with Gasteiger partial charge < -0.3 is 20.8 Å². The second-order valence-electron chi connectivity index (χ2n) is 9.11. The summed E-state index contributed by atoms with van der Waals surface area (Å²) in [5.74, 6) is -2.03. The molecule has 1 spiro atoms. The fourth-order valence-corrected chi connectivity index (χ4v) is 4.40. The minimum Gasteiger partial charge on any atom is -0.387 e. The summed E-state index contributed by atoms with van der Waals surface area (Å²) in [6, 6.07) is 8.24. The highest BCUT2D eigenvalue weighted by molar-refractivity contribution is 6.06. The number of non-ortho nitro benzene ring substituents is 2. The average molecular weight is 522 g/mol. The zero-order valence-electron chi connectivity index (χ0n) is 20.1. The van der Waals surface area contributed by atoms with Gasteiger partial charge in [0.2, 0.25) is 5.91 Å². The molecule has 2 aliphatic rings. The molecule has 3 amide bonds. The Bertz CT molecular complexity index is 1400. The van der Waals surface area contributed by atoms with Crippen LogP contribution in [0, 0.1) is 20.2 Å². The highest BCUT2D eigenvalue weighted by atomic mass is 16.7. The third-order valence-electron chi connectivity index (χ3n) is 6.24. The largest absolute Gasteiger partial charge is 0.387 e. The molecule has 2 aromatic carbocycles. The number of likely N-dealkylation sites (tertiary alicyclic amines) is 1. The minimum atomic E-state index is -1.14. The van der Waals surface area contributed by atoms with Crippen LogP contribution in [-0.4, -0.2) is 56.4 Å². The van der Waals surface area contributed by atoms with Crippen LogP contribution in [-0.2, 0) is 14.4 Å². The van der Waals surface area contributed by atoms with Crippen LogP contribution in [0.3, 0.4) is 0 Å². The first-order valence-electron chi connectivity index (χ1n) is 11.3. The van der Waals surface area contributed by atoms with E-state index in [1.54, 1.807) is 31.2 Å². The number of amides is 3. The van der Waals surface area contributed by atoms with Crippen molar-refractivity contribution >= 4 is 40.5 Å². The van der Waals surface area contributed by atoms with Crippen LogP contribution in [0.5, 0.6) is 0 Å². The number of nitrogens with zero attached hydrogens (tertiary/aromatic N) is 4. The highest BCUT2D eigenvalue weighted by Crippen LogP contribution is 2.40. The number of rotatable bonds is 7. The predicted octanol–water partition coefficient (Wildman–Crippen LogP) is 2.28. The summed E-state index contributed by atoms with van der Waals surface area (Å²) in [6.45, 7) is 5.03. The molecule has 0 saturated carbocycles. The Kier molecular flexibility index (Phi) is 6.64. The monoisotopic (exact) mass is 522 g/mol. The minimum absolute atomic E-state index is 0.00974. The average Bonchev–Trinajstić information content (AvgIpc) is 3.47. The van der Waals surface area contributed by atoms with Crippen LogP contribution in [0.15, 0.2) is 59.8 Å². The van der Waals surface area contributed by atoms with Crippen LogP contribution >= 0.6 is 0 Å². The summed E-state index contributed by atoms with van der Waals surface area (Å²) in [4.78, 5) is 65.2. The molecule has 2 atom stereocenters. The molecule has 196 valence electrons. The lowest BCUT2D eigenvalue weighted by molar-refractivity contribution is -0.394. The zero-order chi connectivity index (χ0) is 27.8. The van der Waals surface area contributed by atoms with E-state index < -0.39 is 44.7 Å². The zero-order valence-corrected chi connectivity index (χ0v) is 20.1. The van der Waals surface area contributed by atoms with Crippen molar-refractivity contribution in [1.29, 1.82) is 0 Å². The van der Waals surface area contributed by atoms with E-state index >= 15 is 0 Å². The summed E-state index contributed by atoms with van der Waals surface area (Å²) >= 11 is 0. The molecule has 0 radical (unpaired) electrons. The van der Waals surface area contributed by atoms with Gasteiger partial charge >= 0.3 is 0 Å². The molecule has 1 saturated heterocycles. The number of nitro benzene ring substituents is 2. The van der Waals surface area contributed by atoms with Crippen molar-refractivity contribution in [2.24, 2.45) is 10.9 Å². The van der Waals surface area contributed by atoms with Gasteiger partial charge in [0, 0.05) is 41.8 Å². The van der Waals surface area contributed by atoms with Gasteiger partial charge in [-0.15, -0.1) is 0 Å². The molecule has 0 aliphatic carbocycles. The van der Waals surface area contributed by atoms with Gasteiger partial charge in [-0.1, -0.05) is 23.9 Å². The van der Waals surface area contributed by atoms with Crippen molar-refractivity contribution in [3.05, 3.63) is 86.0 Å². The van der Waals surface area contributed by atoms with Gasteiger partial charge in [0.1, 0.15) is 6.04 Å².